The summed E-state index contributed by atoms with van der Waals surface area (Å²) in [4.78, 5) is 19.1. The number of carbonyl (C=O) groups excluding carboxylic acids is 1. The number of hydrogen-bond donors (Lipinski definition) is 1. The van der Waals surface area contributed by atoms with Crippen LogP contribution in [0, 0.1) is 11.6 Å². The van der Waals surface area contributed by atoms with Crippen LogP contribution in [0.25, 0.3) is 5.65 Å². The molecular weight excluding hydrogens is 492 g/mol. The van der Waals surface area contributed by atoms with E-state index >= 15 is 0 Å². The molecule has 0 spiro atoms. The van der Waals surface area contributed by atoms with E-state index in [0.717, 1.165) is 22.9 Å². The topological polar surface area (TPSA) is 105 Å². The quantitative estimate of drug-likeness (QED) is 0.424. The predicted octanol–water partition coefficient (Wildman–Crippen LogP) is 2.80. The van der Waals surface area contributed by atoms with E-state index in [9.17, 15) is 22.0 Å². The third-order valence-corrected chi connectivity index (χ3v) is 7.58. The van der Waals surface area contributed by atoms with E-state index in [-0.39, 0.29) is 23.1 Å². The first kappa shape index (κ1) is 23.7. The number of amides is 1. The molecule has 188 valence electrons. The Balaban J connectivity index is 1.44. The number of fused-ring (bicyclic) bond motifs is 1. The lowest BCUT2D eigenvalue weighted by atomic mass is 10.0. The highest BCUT2D eigenvalue weighted by Gasteiger charge is 2.30. The summed E-state index contributed by atoms with van der Waals surface area (Å²) in [6.07, 6.45) is 5.90. The van der Waals surface area contributed by atoms with Gasteiger partial charge in [0.05, 0.1) is 17.9 Å². The Bertz CT molecular complexity index is 1570. The molecule has 1 N–H and O–H groups in total. The highest BCUT2D eigenvalue weighted by molar-refractivity contribution is 7.91. The summed E-state index contributed by atoms with van der Waals surface area (Å²) in [5.74, 6) is -1.74. The number of aryl methyl sites for hydroxylation is 1. The molecule has 0 saturated carbocycles. The molecule has 1 aliphatic rings. The maximum absolute atomic E-state index is 14.5. The third kappa shape index (κ3) is 4.26. The molecule has 4 aromatic rings. The Morgan fingerprint density at radius 3 is 2.75 bits per heavy atom. The van der Waals surface area contributed by atoms with Crippen molar-refractivity contribution in [3.8, 4) is 0 Å². The van der Waals surface area contributed by atoms with E-state index < -0.39 is 27.8 Å². The van der Waals surface area contributed by atoms with Gasteiger partial charge in [0.15, 0.2) is 5.82 Å². The van der Waals surface area contributed by atoms with Gasteiger partial charge in [-0.15, -0.1) is 0 Å². The molecule has 0 aliphatic carbocycles. The number of benzene rings is 1. The van der Waals surface area contributed by atoms with Crippen LogP contribution >= 0.6 is 0 Å². The van der Waals surface area contributed by atoms with Crippen molar-refractivity contribution in [2.45, 2.75) is 18.9 Å². The second kappa shape index (κ2) is 8.90. The summed E-state index contributed by atoms with van der Waals surface area (Å²) >= 11 is 0. The number of rotatable bonds is 6. The van der Waals surface area contributed by atoms with Crippen LogP contribution in [0.5, 0.6) is 0 Å². The fourth-order valence-electron chi connectivity index (χ4n) is 4.41. The molecule has 1 aliphatic heterocycles. The zero-order valence-electron chi connectivity index (χ0n) is 19.5. The number of imidazole rings is 1. The normalized spacial score (nSPS) is 16.0. The van der Waals surface area contributed by atoms with Gasteiger partial charge < -0.3 is 4.90 Å². The number of nitrogens with one attached hydrogen (secondary N) is 1. The van der Waals surface area contributed by atoms with Gasteiger partial charge in [-0.05, 0) is 43.2 Å². The van der Waals surface area contributed by atoms with Crippen molar-refractivity contribution < 1.29 is 22.0 Å². The average molecular weight is 516 g/mol. The van der Waals surface area contributed by atoms with Crippen LogP contribution in [-0.4, -0.2) is 47.1 Å². The Morgan fingerprint density at radius 2 is 2.00 bits per heavy atom. The SMILES string of the molecule is CN(c1ccn(C)n1)S(=O)(=O)NC(=O)c1cnc2ccc(N3CCCC3c3cc(F)ccc3F)cn12. The third-order valence-electron chi connectivity index (χ3n) is 6.23. The Hall–Kier alpha value is -4.00. The van der Waals surface area contributed by atoms with E-state index in [1.807, 2.05) is 9.62 Å². The highest BCUT2D eigenvalue weighted by atomic mass is 32.2. The van der Waals surface area contributed by atoms with Crippen LogP contribution in [-0.2, 0) is 17.3 Å². The van der Waals surface area contributed by atoms with Crippen molar-refractivity contribution in [2.75, 3.05) is 22.8 Å². The molecule has 0 radical (unpaired) electrons. The smallest absolute Gasteiger partial charge is 0.327 e. The Kier molecular flexibility index (Phi) is 5.86. The molecule has 13 heteroatoms. The molecule has 1 unspecified atom stereocenters. The molecule has 1 atom stereocenters. The minimum Gasteiger partial charge on any atom is -0.363 e. The van der Waals surface area contributed by atoms with Crippen molar-refractivity contribution in [3.05, 3.63) is 77.9 Å². The largest absolute Gasteiger partial charge is 0.363 e. The minimum absolute atomic E-state index is 0.00229. The minimum atomic E-state index is -4.24. The van der Waals surface area contributed by atoms with Gasteiger partial charge in [-0.25, -0.2) is 22.8 Å². The lowest BCUT2D eigenvalue weighted by Crippen LogP contribution is -2.42. The first-order chi connectivity index (χ1) is 17.1. The first-order valence-electron chi connectivity index (χ1n) is 11.1. The van der Waals surface area contributed by atoms with Gasteiger partial charge in [-0.3, -0.25) is 13.9 Å². The van der Waals surface area contributed by atoms with Crippen molar-refractivity contribution in [3.63, 3.8) is 0 Å². The maximum Gasteiger partial charge on any atom is 0.327 e. The predicted molar refractivity (Wildman–Crippen MR) is 129 cm³/mol. The van der Waals surface area contributed by atoms with E-state index in [2.05, 4.69) is 10.1 Å². The van der Waals surface area contributed by atoms with E-state index in [1.54, 1.807) is 31.6 Å². The summed E-state index contributed by atoms with van der Waals surface area (Å²) in [6, 6.07) is 7.98. The van der Waals surface area contributed by atoms with Gasteiger partial charge in [0.2, 0.25) is 0 Å². The number of halogens is 2. The molecule has 36 heavy (non-hydrogen) atoms. The summed E-state index contributed by atoms with van der Waals surface area (Å²) in [6.45, 7) is 0.603. The second-order valence-electron chi connectivity index (χ2n) is 8.53. The van der Waals surface area contributed by atoms with Crippen LogP contribution in [0.2, 0.25) is 0 Å². The number of nitrogens with zero attached hydrogens (tertiary/aromatic N) is 6. The summed E-state index contributed by atoms with van der Waals surface area (Å²) < 4.78 is 59.7. The lowest BCUT2D eigenvalue weighted by molar-refractivity contribution is 0.0975. The Morgan fingerprint density at radius 1 is 1.19 bits per heavy atom. The maximum atomic E-state index is 14.5. The molecule has 1 fully saturated rings. The van der Waals surface area contributed by atoms with Gasteiger partial charge >= 0.3 is 10.2 Å². The van der Waals surface area contributed by atoms with Gasteiger partial charge in [-0.1, -0.05) is 0 Å². The van der Waals surface area contributed by atoms with Crippen molar-refractivity contribution >= 4 is 33.3 Å². The molecule has 1 aromatic carbocycles. The summed E-state index contributed by atoms with van der Waals surface area (Å²) in [5, 5.41) is 4.04. The summed E-state index contributed by atoms with van der Waals surface area (Å²) in [7, 11) is -1.32. The van der Waals surface area contributed by atoms with Crippen LogP contribution in [0.3, 0.4) is 0 Å². The molecule has 10 nitrogen and oxygen atoms in total. The number of carbonyl (C=O) groups is 1. The van der Waals surface area contributed by atoms with Crippen LogP contribution in [0.4, 0.5) is 20.3 Å². The molecular formula is C23H23F2N7O3S. The molecule has 5 rings (SSSR count). The molecule has 1 amide bonds. The zero-order chi connectivity index (χ0) is 25.6. The van der Waals surface area contributed by atoms with Gasteiger partial charge in [0, 0.05) is 44.7 Å². The van der Waals surface area contributed by atoms with Gasteiger partial charge in [0.1, 0.15) is 23.0 Å². The van der Waals surface area contributed by atoms with E-state index in [0.29, 0.717) is 24.3 Å². The number of pyridine rings is 1. The molecule has 4 heterocycles. The van der Waals surface area contributed by atoms with Gasteiger partial charge in [-0.2, -0.15) is 13.5 Å². The first-order valence-corrected chi connectivity index (χ1v) is 12.6. The molecule has 3 aromatic heterocycles. The van der Waals surface area contributed by atoms with E-state index in [4.69, 9.17) is 0 Å². The highest BCUT2D eigenvalue weighted by Crippen LogP contribution is 2.37. The molecule has 0 bridgehead atoms. The van der Waals surface area contributed by atoms with Gasteiger partial charge in [0.25, 0.3) is 5.91 Å². The second-order valence-corrected chi connectivity index (χ2v) is 10.2. The van der Waals surface area contributed by atoms with Crippen molar-refractivity contribution in [1.29, 1.82) is 0 Å². The zero-order valence-corrected chi connectivity index (χ0v) is 20.3. The fourth-order valence-corrected chi connectivity index (χ4v) is 5.23. The number of anilines is 2. The molecule has 1 saturated heterocycles. The van der Waals surface area contributed by atoms with Crippen molar-refractivity contribution in [2.24, 2.45) is 7.05 Å². The standard InChI is InChI=1S/C23H23F2N7O3S/c1-29-11-9-22(27-29)30(2)36(34,35)28-23(33)20-13-26-21-8-6-16(14-32(20)21)31-10-3-4-19(31)17-12-15(24)5-7-18(17)25/h5-9,11-14,19H,3-4,10H2,1-2H3,(H,28,33). The number of hydrogen-bond acceptors (Lipinski definition) is 6. The van der Waals surface area contributed by atoms with Crippen LogP contribution < -0.4 is 13.9 Å². The van der Waals surface area contributed by atoms with Crippen molar-refractivity contribution in [1.82, 2.24) is 23.9 Å². The fraction of sp³-hybridized carbons (Fsp3) is 0.261. The summed E-state index contributed by atoms with van der Waals surface area (Å²) in [5.41, 5.74) is 1.35. The van der Waals surface area contributed by atoms with Crippen LogP contribution in [0.1, 0.15) is 34.9 Å². The van der Waals surface area contributed by atoms with E-state index in [1.165, 1.54) is 34.5 Å². The average Bonchev–Trinajstić information content (AvgIpc) is 3.58. The monoisotopic (exact) mass is 515 g/mol. The number of aromatic nitrogens is 4. The lowest BCUT2D eigenvalue weighted by Gasteiger charge is -2.27. The Labute approximate surface area is 205 Å². The van der Waals surface area contributed by atoms with Crippen LogP contribution in [0.15, 0.2) is 55.0 Å².